The minimum atomic E-state index is -0.706. The monoisotopic (exact) mass is 404 g/mol. The molecule has 0 aromatic heterocycles. The van der Waals surface area contributed by atoms with Crippen LogP contribution >= 0.6 is 0 Å². The van der Waals surface area contributed by atoms with Gasteiger partial charge in [0.1, 0.15) is 6.04 Å². The summed E-state index contributed by atoms with van der Waals surface area (Å²) in [7, 11) is 1.73. The first kappa shape index (κ1) is 19.7. The first-order chi connectivity index (χ1) is 14.3. The predicted octanol–water partition coefficient (Wildman–Crippen LogP) is 2.87. The fourth-order valence-electron chi connectivity index (χ4n) is 3.98. The molecule has 2 unspecified atom stereocenters. The summed E-state index contributed by atoms with van der Waals surface area (Å²) in [4.78, 5) is 41.8. The highest BCUT2D eigenvalue weighted by Gasteiger charge is 2.49. The number of carbonyl (C=O) groups is 3. The molecule has 7 heteroatoms. The van der Waals surface area contributed by atoms with E-state index in [0.717, 1.165) is 21.6 Å². The van der Waals surface area contributed by atoms with Crippen molar-refractivity contribution in [2.75, 3.05) is 17.3 Å². The Labute approximate surface area is 175 Å². The molecule has 2 aromatic rings. The van der Waals surface area contributed by atoms with Gasteiger partial charge in [-0.3, -0.25) is 9.59 Å². The Morgan fingerprint density at radius 1 is 1.00 bits per heavy atom. The molecule has 4 amide bonds. The van der Waals surface area contributed by atoms with E-state index in [1.165, 1.54) is 0 Å². The second kappa shape index (κ2) is 7.33. The van der Waals surface area contributed by atoms with Gasteiger partial charge in [-0.05, 0) is 44.5 Å². The van der Waals surface area contributed by atoms with Crippen molar-refractivity contribution in [3.05, 3.63) is 70.9 Å². The zero-order valence-corrected chi connectivity index (χ0v) is 17.4. The maximum Gasteiger partial charge on any atom is 0.329 e. The molecular formula is C23H24N4O3. The van der Waals surface area contributed by atoms with Crippen LogP contribution in [-0.4, -0.2) is 41.9 Å². The summed E-state index contributed by atoms with van der Waals surface area (Å²) in [5.74, 6) is -0.696. The SMILES string of the molecule is Cc1ccc(N2C(=O)NC3C(C(=O)Nc4ccc(C)cc4C)=CN(C)C3C2=O)cc1. The maximum atomic E-state index is 13.2. The normalized spacial score (nSPS) is 20.6. The molecule has 0 radical (unpaired) electrons. The van der Waals surface area contributed by atoms with Crippen molar-refractivity contribution in [1.82, 2.24) is 10.2 Å². The number of carbonyl (C=O) groups excluding carboxylic acids is 3. The largest absolute Gasteiger partial charge is 0.366 e. The van der Waals surface area contributed by atoms with E-state index in [0.29, 0.717) is 16.9 Å². The first-order valence-electron chi connectivity index (χ1n) is 9.79. The lowest BCUT2D eigenvalue weighted by Crippen LogP contribution is -2.65. The number of nitrogens with zero attached hydrogens (tertiary/aromatic N) is 2. The molecule has 2 aliphatic rings. The molecule has 0 spiro atoms. The summed E-state index contributed by atoms with van der Waals surface area (Å²) in [5.41, 5.74) is 4.64. The molecule has 0 aliphatic carbocycles. The maximum absolute atomic E-state index is 13.2. The van der Waals surface area contributed by atoms with Crippen molar-refractivity contribution in [3.63, 3.8) is 0 Å². The molecule has 2 atom stereocenters. The number of hydrogen-bond donors (Lipinski definition) is 2. The van der Waals surface area contributed by atoms with Crippen molar-refractivity contribution in [2.24, 2.45) is 0 Å². The molecule has 2 aromatic carbocycles. The zero-order chi connectivity index (χ0) is 21.6. The van der Waals surface area contributed by atoms with Gasteiger partial charge in [0.2, 0.25) is 0 Å². The van der Waals surface area contributed by atoms with Gasteiger partial charge < -0.3 is 15.5 Å². The number of hydrogen-bond acceptors (Lipinski definition) is 4. The number of amides is 4. The van der Waals surface area contributed by atoms with Gasteiger partial charge in [0, 0.05) is 18.9 Å². The second-order valence-electron chi connectivity index (χ2n) is 7.90. The number of benzene rings is 2. The van der Waals surface area contributed by atoms with Crippen LogP contribution in [0.1, 0.15) is 16.7 Å². The van der Waals surface area contributed by atoms with E-state index in [-0.39, 0.29) is 11.8 Å². The van der Waals surface area contributed by atoms with Gasteiger partial charge in [-0.2, -0.15) is 0 Å². The van der Waals surface area contributed by atoms with E-state index in [9.17, 15) is 14.4 Å². The third-order valence-electron chi connectivity index (χ3n) is 5.57. The van der Waals surface area contributed by atoms with Crippen molar-refractivity contribution >= 4 is 29.2 Å². The summed E-state index contributed by atoms with van der Waals surface area (Å²) < 4.78 is 0. The van der Waals surface area contributed by atoms with Crippen LogP contribution in [0.25, 0.3) is 0 Å². The molecule has 0 saturated carbocycles. The molecule has 2 heterocycles. The van der Waals surface area contributed by atoms with E-state index in [1.54, 1.807) is 30.3 Å². The third kappa shape index (κ3) is 3.32. The van der Waals surface area contributed by atoms with E-state index in [1.807, 2.05) is 51.1 Å². The average Bonchev–Trinajstić information content (AvgIpc) is 3.02. The lowest BCUT2D eigenvalue weighted by atomic mass is 9.98. The molecule has 2 aliphatic heterocycles. The summed E-state index contributed by atoms with van der Waals surface area (Å²) >= 11 is 0. The Bertz CT molecular complexity index is 1070. The molecule has 7 nitrogen and oxygen atoms in total. The Morgan fingerprint density at radius 2 is 1.67 bits per heavy atom. The lowest BCUT2D eigenvalue weighted by Gasteiger charge is -2.37. The van der Waals surface area contributed by atoms with Crippen LogP contribution in [0.15, 0.2) is 54.2 Å². The second-order valence-corrected chi connectivity index (χ2v) is 7.90. The van der Waals surface area contributed by atoms with Crippen LogP contribution in [0.2, 0.25) is 0 Å². The van der Waals surface area contributed by atoms with E-state index >= 15 is 0 Å². The summed E-state index contributed by atoms with van der Waals surface area (Å²) in [5, 5.41) is 5.74. The van der Waals surface area contributed by atoms with Gasteiger partial charge in [0.25, 0.3) is 11.8 Å². The molecule has 30 heavy (non-hydrogen) atoms. The molecular weight excluding hydrogens is 380 g/mol. The third-order valence-corrected chi connectivity index (χ3v) is 5.57. The fourth-order valence-corrected chi connectivity index (χ4v) is 3.98. The Kier molecular flexibility index (Phi) is 4.81. The first-order valence-corrected chi connectivity index (χ1v) is 9.79. The lowest BCUT2D eigenvalue weighted by molar-refractivity contribution is -0.122. The minimum Gasteiger partial charge on any atom is -0.366 e. The number of anilines is 2. The summed E-state index contributed by atoms with van der Waals surface area (Å²) in [6.45, 7) is 5.85. The topological polar surface area (TPSA) is 81.8 Å². The molecule has 1 saturated heterocycles. The van der Waals surface area contributed by atoms with Gasteiger partial charge >= 0.3 is 6.03 Å². The van der Waals surface area contributed by atoms with Crippen molar-refractivity contribution < 1.29 is 14.4 Å². The summed E-state index contributed by atoms with van der Waals surface area (Å²) in [6.07, 6.45) is 1.63. The number of aryl methyl sites for hydroxylation is 3. The van der Waals surface area contributed by atoms with Gasteiger partial charge in [-0.25, -0.2) is 9.69 Å². The number of imide groups is 1. The van der Waals surface area contributed by atoms with Crippen LogP contribution < -0.4 is 15.5 Å². The van der Waals surface area contributed by atoms with Gasteiger partial charge in [0.15, 0.2) is 0 Å². The number of likely N-dealkylation sites (N-methyl/N-ethyl adjacent to an activating group) is 1. The minimum absolute atomic E-state index is 0.335. The Balaban J connectivity index is 1.58. The number of rotatable bonds is 3. The Hall–Kier alpha value is -3.61. The fraction of sp³-hybridized carbons (Fsp3) is 0.261. The van der Waals surface area contributed by atoms with Crippen LogP contribution in [-0.2, 0) is 9.59 Å². The molecule has 2 N–H and O–H groups in total. The quantitative estimate of drug-likeness (QED) is 0.824. The van der Waals surface area contributed by atoms with Crippen molar-refractivity contribution in [2.45, 2.75) is 32.9 Å². The number of nitrogens with one attached hydrogen (secondary N) is 2. The van der Waals surface area contributed by atoms with E-state index < -0.39 is 18.1 Å². The van der Waals surface area contributed by atoms with Crippen LogP contribution in [0.3, 0.4) is 0 Å². The number of fused-ring (bicyclic) bond motifs is 1. The smallest absolute Gasteiger partial charge is 0.329 e. The number of urea groups is 1. The van der Waals surface area contributed by atoms with Gasteiger partial charge in [-0.15, -0.1) is 0 Å². The molecule has 154 valence electrons. The highest BCUT2D eigenvalue weighted by atomic mass is 16.2. The van der Waals surface area contributed by atoms with Crippen LogP contribution in [0, 0.1) is 20.8 Å². The molecule has 1 fully saturated rings. The zero-order valence-electron chi connectivity index (χ0n) is 17.4. The molecule has 0 bridgehead atoms. The van der Waals surface area contributed by atoms with Crippen LogP contribution in [0.4, 0.5) is 16.2 Å². The van der Waals surface area contributed by atoms with Gasteiger partial charge in [-0.1, -0.05) is 35.4 Å². The van der Waals surface area contributed by atoms with Crippen LogP contribution in [0.5, 0.6) is 0 Å². The molecule has 4 rings (SSSR count). The van der Waals surface area contributed by atoms with E-state index in [2.05, 4.69) is 10.6 Å². The van der Waals surface area contributed by atoms with Crippen molar-refractivity contribution in [1.29, 1.82) is 0 Å². The van der Waals surface area contributed by atoms with E-state index in [4.69, 9.17) is 0 Å². The average molecular weight is 404 g/mol. The standard InChI is InChI=1S/C23H24N4O3/c1-13-5-8-16(9-6-13)27-22(29)20-19(25-23(27)30)17(12-26(20)4)21(28)24-18-10-7-14(2)11-15(18)3/h5-12,19-20H,1-4H3,(H,24,28)(H,25,30). The van der Waals surface area contributed by atoms with Crippen molar-refractivity contribution in [3.8, 4) is 0 Å². The Morgan fingerprint density at radius 3 is 2.33 bits per heavy atom. The highest BCUT2D eigenvalue weighted by Crippen LogP contribution is 2.30. The highest BCUT2D eigenvalue weighted by molar-refractivity contribution is 6.20. The van der Waals surface area contributed by atoms with Gasteiger partial charge in [0.05, 0.1) is 17.3 Å². The summed E-state index contributed by atoms with van der Waals surface area (Å²) in [6, 6.07) is 11.0. The predicted molar refractivity (Wildman–Crippen MR) is 115 cm³/mol.